The van der Waals surface area contributed by atoms with Crippen LogP contribution in [0.25, 0.3) is 0 Å². The summed E-state index contributed by atoms with van der Waals surface area (Å²) in [5.41, 5.74) is 0. The van der Waals surface area contributed by atoms with Crippen LogP contribution in [0.5, 0.6) is 5.75 Å². The molecule has 2 rings (SSSR count). The van der Waals surface area contributed by atoms with Crippen molar-refractivity contribution >= 4 is 50.9 Å². The van der Waals surface area contributed by atoms with Crippen LogP contribution in [0, 0.1) is 0 Å². The molecule has 0 saturated heterocycles. The fraction of sp³-hybridized carbons (Fsp3) is 0.143. The van der Waals surface area contributed by atoms with Gasteiger partial charge < -0.3 is 10.1 Å². The molecule has 1 N–H and O–H groups in total. The number of anilines is 1. The SMILES string of the molecule is CC(Oc1ccc(Br)cc1Cl)C(=O)Nc1ccc(Cl)cn1. The smallest absolute Gasteiger partial charge is 0.266 e. The third-order valence-electron chi connectivity index (χ3n) is 2.55. The molecule has 1 aromatic heterocycles. The fourth-order valence-electron chi connectivity index (χ4n) is 1.49. The molecule has 0 radical (unpaired) electrons. The van der Waals surface area contributed by atoms with E-state index in [-0.39, 0.29) is 5.91 Å². The molecule has 21 heavy (non-hydrogen) atoms. The second-order valence-corrected chi connectivity index (χ2v) is 5.95. The number of hydrogen-bond donors (Lipinski definition) is 1. The largest absolute Gasteiger partial charge is 0.479 e. The van der Waals surface area contributed by atoms with Gasteiger partial charge in [-0.25, -0.2) is 4.98 Å². The summed E-state index contributed by atoms with van der Waals surface area (Å²) in [6.07, 6.45) is 0.732. The monoisotopic (exact) mass is 388 g/mol. The molecule has 2 aromatic rings. The summed E-state index contributed by atoms with van der Waals surface area (Å²) >= 11 is 15.1. The summed E-state index contributed by atoms with van der Waals surface area (Å²) in [5.74, 6) is 0.511. The molecular weight excluding hydrogens is 379 g/mol. The van der Waals surface area contributed by atoms with Crippen molar-refractivity contribution in [1.82, 2.24) is 4.98 Å². The Kier molecular flexibility index (Phi) is 5.45. The number of carbonyl (C=O) groups is 1. The first-order valence-electron chi connectivity index (χ1n) is 6.00. The lowest BCUT2D eigenvalue weighted by Gasteiger charge is -2.15. The third kappa shape index (κ3) is 4.59. The summed E-state index contributed by atoms with van der Waals surface area (Å²) < 4.78 is 6.37. The van der Waals surface area contributed by atoms with Crippen LogP contribution < -0.4 is 10.1 Å². The van der Waals surface area contributed by atoms with Crippen molar-refractivity contribution in [2.75, 3.05) is 5.32 Å². The Hall–Kier alpha value is -1.30. The van der Waals surface area contributed by atoms with Gasteiger partial charge in [-0.3, -0.25) is 4.79 Å². The number of aromatic nitrogens is 1. The van der Waals surface area contributed by atoms with Gasteiger partial charge in [-0.05, 0) is 37.3 Å². The molecule has 0 aliphatic carbocycles. The molecule has 0 aliphatic heterocycles. The molecule has 0 bridgehead atoms. The van der Waals surface area contributed by atoms with Gasteiger partial charge in [-0.2, -0.15) is 0 Å². The topological polar surface area (TPSA) is 51.2 Å². The normalized spacial score (nSPS) is 11.8. The average Bonchev–Trinajstić information content (AvgIpc) is 2.44. The van der Waals surface area contributed by atoms with Gasteiger partial charge in [0.25, 0.3) is 5.91 Å². The van der Waals surface area contributed by atoms with E-state index in [1.54, 1.807) is 37.3 Å². The van der Waals surface area contributed by atoms with Crippen molar-refractivity contribution in [2.24, 2.45) is 0 Å². The van der Waals surface area contributed by atoms with Crippen molar-refractivity contribution in [3.8, 4) is 5.75 Å². The van der Waals surface area contributed by atoms with Gasteiger partial charge in [0.15, 0.2) is 6.10 Å². The minimum Gasteiger partial charge on any atom is -0.479 e. The van der Waals surface area contributed by atoms with Crippen LogP contribution in [-0.4, -0.2) is 17.0 Å². The molecule has 1 heterocycles. The van der Waals surface area contributed by atoms with Gasteiger partial charge >= 0.3 is 0 Å². The van der Waals surface area contributed by atoms with Gasteiger partial charge in [0, 0.05) is 10.7 Å². The number of rotatable bonds is 4. The molecule has 7 heteroatoms. The lowest BCUT2D eigenvalue weighted by Crippen LogP contribution is -2.30. The second kappa shape index (κ2) is 7.11. The molecule has 0 spiro atoms. The molecule has 4 nitrogen and oxygen atoms in total. The maximum absolute atomic E-state index is 12.0. The number of nitrogens with one attached hydrogen (secondary N) is 1. The van der Waals surface area contributed by atoms with E-state index >= 15 is 0 Å². The van der Waals surface area contributed by atoms with E-state index in [9.17, 15) is 4.79 Å². The zero-order valence-electron chi connectivity index (χ0n) is 10.9. The highest BCUT2D eigenvalue weighted by Crippen LogP contribution is 2.28. The molecule has 0 fully saturated rings. The summed E-state index contributed by atoms with van der Waals surface area (Å²) in [7, 11) is 0. The van der Waals surface area contributed by atoms with Crippen LogP contribution in [0.4, 0.5) is 5.82 Å². The van der Waals surface area contributed by atoms with E-state index < -0.39 is 6.10 Å². The highest BCUT2D eigenvalue weighted by molar-refractivity contribution is 9.10. The molecule has 0 aliphatic rings. The number of halogens is 3. The maximum atomic E-state index is 12.0. The number of amides is 1. The Labute approximate surface area is 140 Å². The van der Waals surface area contributed by atoms with Gasteiger partial charge in [-0.15, -0.1) is 0 Å². The summed E-state index contributed by atoms with van der Waals surface area (Å²) in [4.78, 5) is 16.0. The molecule has 1 atom stereocenters. The first-order chi connectivity index (χ1) is 9.95. The Morgan fingerprint density at radius 3 is 2.71 bits per heavy atom. The molecular formula is C14H11BrCl2N2O2. The van der Waals surface area contributed by atoms with Crippen LogP contribution >= 0.6 is 39.1 Å². The Balaban J connectivity index is 2.00. The summed E-state index contributed by atoms with van der Waals surface area (Å²) in [6.45, 7) is 1.63. The standard InChI is InChI=1S/C14H11BrCl2N2O2/c1-8(21-12-4-2-9(15)6-11(12)17)14(20)19-13-5-3-10(16)7-18-13/h2-8H,1H3,(H,18,19,20). The Morgan fingerprint density at radius 2 is 2.10 bits per heavy atom. The van der Waals surface area contributed by atoms with Gasteiger partial charge in [0.05, 0.1) is 10.0 Å². The Bertz CT molecular complexity index is 650. The van der Waals surface area contributed by atoms with Crippen LogP contribution in [-0.2, 0) is 4.79 Å². The number of nitrogens with zero attached hydrogens (tertiary/aromatic N) is 1. The number of carbonyl (C=O) groups excluding carboxylic acids is 1. The van der Waals surface area contributed by atoms with E-state index in [4.69, 9.17) is 27.9 Å². The van der Waals surface area contributed by atoms with Crippen molar-refractivity contribution in [2.45, 2.75) is 13.0 Å². The van der Waals surface area contributed by atoms with E-state index in [1.807, 2.05) is 0 Å². The van der Waals surface area contributed by atoms with Crippen molar-refractivity contribution in [1.29, 1.82) is 0 Å². The lowest BCUT2D eigenvalue weighted by atomic mass is 10.3. The molecule has 1 amide bonds. The quantitative estimate of drug-likeness (QED) is 0.833. The molecule has 1 unspecified atom stereocenters. The van der Waals surface area contributed by atoms with E-state index in [2.05, 4.69) is 26.2 Å². The molecule has 110 valence electrons. The second-order valence-electron chi connectivity index (χ2n) is 4.19. The van der Waals surface area contributed by atoms with Gasteiger partial charge in [0.1, 0.15) is 11.6 Å². The number of hydrogen-bond acceptors (Lipinski definition) is 3. The summed E-state index contributed by atoms with van der Waals surface area (Å²) in [6, 6.07) is 8.42. The number of pyridine rings is 1. The van der Waals surface area contributed by atoms with Crippen LogP contribution in [0.15, 0.2) is 41.0 Å². The van der Waals surface area contributed by atoms with Gasteiger partial charge in [0.2, 0.25) is 0 Å². The Morgan fingerprint density at radius 1 is 1.33 bits per heavy atom. The molecule has 0 saturated carbocycles. The third-order valence-corrected chi connectivity index (χ3v) is 3.56. The zero-order chi connectivity index (χ0) is 15.4. The van der Waals surface area contributed by atoms with E-state index in [0.29, 0.717) is 21.6 Å². The maximum Gasteiger partial charge on any atom is 0.266 e. The highest BCUT2D eigenvalue weighted by Gasteiger charge is 2.16. The minimum absolute atomic E-state index is 0.330. The fourth-order valence-corrected chi connectivity index (χ4v) is 2.32. The zero-order valence-corrected chi connectivity index (χ0v) is 14.0. The van der Waals surface area contributed by atoms with E-state index in [1.165, 1.54) is 6.20 Å². The van der Waals surface area contributed by atoms with Crippen LogP contribution in [0.2, 0.25) is 10.0 Å². The summed E-state index contributed by atoms with van der Waals surface area (Å²) in [5, 5.41) is 3.56. The van der Waals surface area contributed by atoms with Gasteiger partial charge in [-0.1, -0.05) is 39.1 Å². The van der Waals surface area contributed by atoms with E-state index in [0.717, 1.165) is 4.47 Å². The minimum atomic E-state index is -0.721. The predicted octanol–water partition coefficient (Wildman–Crippen LogP) is 4.56. The first-order valence-corrected chi connectivity index (χ1v) is 7.55. The van der Waals surface area contributed by atoms with Crippen molar-refractivity contribution in [3.05, 3.63) is 51.0 Å². The lowest BCUT2D eigenvalue weighted by molar-refractivity contribution is -0.122. The first kappa shape index (κ1) is 16.1. The number of benzene rings is 1. The highest BCUT2D eigenvalue weighted by atomic mass is 79.9. The van der Waals surface area contributed by atoms with Crippen molar-refractivity contribution < 1.29 is 9.53 Å². The van der Waals surface area contributed by atoms with Crippen LogP contribution in [0.3, 0.4) is 0 Å². The predicted molar refractivity (Wildman–Crippen MR) is 87.1 cm³/mol. The number of ether oxygens (including phenoxy) is 1. The average molecular weight is 390 g/mol. The van der Waals surface area contributed by atoms with Crippen LogP contribution in [0.1, 0.15) is 6.92 Å². The molecule has 1 aromatic carbocycles. The van der Waals surface area contributed by atoms with Crippen molar-refractivity contribution in [3.63, 3.8) is 0 Å².